The molecule has 0 saturated carbocycles. The highest BCUT2D eigenvalue weighted by Crippen LogP contribution is 2.36. The lowest BCUT2D eigenvalue weighted by molar-refractivity contribution is -0.136. The second-order valence-electron chi connectivity index (χ2n) is 7.08. The minimum absolute atomic E-state index is 0.0707. The summed E-state index contributed by atoms with van der Waals surface area (Å²) in [7, 11) is 1.27. The second kappa shape index (κ2) is 10.2. The van der Waals surface area contributed by atoms with Crippen LogP contribution in [0.25, 0.3) is 0 Å². The lowest BCUT2D eigenvalue weighted by Gasteiger charge is -2.29. The van der Waals surface area contributed by atoms with Crippen molar-refractivity contribution >= 4 is 33.4 Å². The van der Waals surface area contributed by atoms with Gasteiger partial charge in [-0.15, -0.1) is 0 Å². The lowest BCUT2D eigenvalue weighted by Crippen LogP contribution is -2.47. The Bertz CT molecular complexity index is 1260. The van der Waals surface area contributed by atoms with Gasteiger partial charge in [-0.3, -0.25) is 0 Å². The van der Waals surface area contributed by atoms with E-state index in [0.717, 1.165) is 7.11 Å². The number of esters is 1. The highest BCUT2D eigenvalue weighted by molar-refractivity contribution is 7.91. The summed E-state index contributed by atoms with van der Waals surface area (Å²) in [6, 6.07) is 7.21. The van der Waals surface area contributed by atoms with E-state index in [9.17, 15) is 18.0 Å². The third-order valence-electron chi connectivity index (χ3n) is 5.09. The molecule has 2 aromatic rings. The van der Waals surface area contributed by atoms with E-state index in [-0.39, 0.29) is 26.9 Å². The Morgan fingerprint density at radius 2 is 1.62 bits per heavy atom. The van der Waals surface area contributed by atoms with Crippen LogP contribution in [-0.4, -0.2) is 54.6 Å². The number of hydrogen-bond acceptors (Lipinski definition) is 8. The zero-order valence-electron chi connectivity index (χ0n) is 18.8. The average Bonchev–Trinajstić information content (AvgIpc) is 2.82. The van der Waals surface area contributed by atoms with Crippen LogP contribution in [0.4, 0.5) is 4.79 Å². The maximum atomic E-state index is 13.3. The van der Waals surface area contributed by atoms with Gasteiger partial charge in [-0.2, -0.15) is 0 Å². The quantitative estimate of drug-likeness (QED) is 0.518. The zero-order valence-corrected chi connectivity index (χ0v) is 20.4. The van der Waals surface area contributed by atoms with E-state index in [1.54, 1.807) is 18.2 Å². The van der Waals surface area contributed by atoms with Gasteiger partial charge in [0.2, 0.25) is 0 Å². The molecule has 0 aliphatic carbocycles. The Labute approximate surface area is 201 Å². The molecule has 0 bridgehead atoms. The number of nitrogens with one attached hydrogen (secondary N) is 2. The molecule has 12 heteroatoms. The molecule has 34 heavy (non-hydrogen) atoms. The van der Waals surface area contributed by atoms with Crippen molar-refractivity contribution in [2.45, 2.75) is 10.9 Å². The second-order valence-corrected chi connectivity index (χ2v) is 9.48. The van der Waals surface area contributed by atoms with Crippen molar-refractivity contribution in [2.75, 3.05) is 34.2 Å². The SMILES string of the molecule is COC(=O)C1=C(CS(=O)(=O)c2cc(Cl)ccc2OC)NC(=O)NC1c1ccc(OC)c(OC)c1. The van der Waals surface area contributed by atoms with Gasteiger partial charge >= 0.3 is 12.0 Å². The molecule has 0 saturated heterocycles. The van der Waals surface area contributed by atoms with Crippen LogP contribution < -0.4 is 24.8 Å². The van der Waals surface area contributed by atoms with Gasteiger partial charge in [-0.1, -0.05) is 17.7 Å². The fourth-order valence-electron chi connectivity index (χ4n) is 3.53. The van der Waals surface area contributed by atoms with E-state index in [1.807, 2.05) is 0 Å². The molecule has 1 atom stereocenters. The van der Waals surface area contributed by atoms with Crippen LogP contribution in [0.15, 0.2) is 52.6 Å². The predicted octanol–water partition coefficient (Wildman–Crippen LogP) is 2.62. The average molecular weight is 511 g/mol. The van der Waals surface area contributed by atoms with Crippen molar-refractivity contribution in [2.24, 2.45) is 0 Å². The van der Waals surface area contributed by atoms with Crippen LogP contribution in [0.2, 0.25) is 5.02 Å². The van der Waals surface area contributed by atoms with Gasteiger partial charge in [-0.25, -0.2) is 18.0 Å². The monoisotopic (exact) mass is 510 g/mol. The van der Waals surface area contributed by atoms with E-state index < -0.39 is 33.6 Å². The first-order chi connectivity index (χ1) is 16.1. The number of amides is 2. The first kappa shape index (κ1) is 25.2. The maximum absolute atomic E-state index is 13.3. The highest BCUT2D eigenvalue weighted by Gasteiger charge is 2.36. The standard InChI is InChI=1S/C22H23ClN2O8S/c1-30-15-7-5-12(9-17(15)32-3)20-19(21(26)33-4)14(24-22(27)25-20)11-34(28,29)18-10-13(23)6-8-16(18)31-2/h5-10,20H,11H2,1-4H3,(H2,24,25,27). The summed E-state index contributed by atoms with van der Waals surface area (Å²) in [4.78, 5) is 25.1. The lowest BCUT2D eigenvalue weighted by atomic mass is 9.95. The van der Waals surface area contributed by atoms with Crippen molar-refractivity contribution in [3.63, 3.8) is 0 Å². The number of ether oxygens (including phenoxy) is 4. The molecule has 3 rings (SSSR count). The summed E-state index contributed by atoms with van der Waals surface area (Å²) in [6.07, 6.45) is 0. The van der Waals surface area contributed by atoms with Crippen molar-refractivity contribution in [3.8, 4) is 17.2 Å². The normalized spacial score (nSPS) is 15.8. The number of rotatable bonds is 8. The number of sulfone groups is 1. The number of carbonyl (C=O) groups is 2. The maximum Gasteiger partial charge on any atom is 0.338 e. The Kier molecular flexibility index (Phi) is 7.57. The Hall–Kier alpha value is -3.44. The molecule has 2 aromatic carbocycles. The number of urea groups is 1. The number of hydrogen-bond donors (Lipinski definition) is 2. The van der Waals surface area contributed by atoms with Gasteiger partial charge in [0.1, 0.15) is 10.6 Å². The van der Waals surface area contributed by atoms with E-state index in [2.05, 4.69) is 10.6 Å². The molecular formula is C22H23ClN2O8S. The van der Waals surface area contributed by atoms with Crippen LogP contribution in [0.1, 0.15) is 11.6 Å². The predicted molar refractivity (Wildman–Crippen MR) is 123 cm³/mol. The summed E-state index contributed by atoms with van der Waals surface area (Å²) in [5.74, 6) is -0.677. The first-order valence-corrected chi connectivity index (χ1v) is 11.8. The molecule has 1 heterocycles. The van der Waals surface area contributed by atoms with Gasteiger partial charge in [0, 0.05) is 10.7 Å². The molecule has 0 fully saturated rings. The number of carbonyl (C=O) groups excluding carboxylic acids is 2. The molecule has 0 radical (unpaired) electrons. The van der Waals surface area contributed by atoms with E-state index in [0.29, 0.717) is 17.1 Å². The van der Waals surface area contributed by atoms with Crippen LogP contribution in [0.5, 0.6) is 17.2 Å². The van der Waals surface area contributed by atoms with Gasteiger partial charge in [0.15, 0.2) is 21.3 Å². The molecule has 1 aliphatic heterocycles. The van der Waals surface area contributed by atoms with Crippen LogP contribution in [0, 0.1) is 0 Å². The third-order valence-corrected chi connectivity index (χ3v) is 6.99. The van der Waals surface area contributed by atoms with Gasteiger partial charge in [0.05, 0.1) is 45.8 Å². The summed E-state index contributed by atoms with van der Waals surface area (Å²) in [5, 5.41) is 5.24. The van der Waals surface area contributed by atoms with Crippen LogP contribution in [0.3, 0.4) is 0 Å². The minimum atomic E-state index is -4.11. The summed E-state index contributed by atoms with van der Waals surface area (Å²) < 4.78 is 47.2. The summed E-state index contributed by atoms with van der Waals surface area (Å²) in [5.41, 5.74) is 0.222. The molecule has 182 valence electrons. The van der Waals surface area contributed by atoms with Crippen molar-refractivity contribution < 1.29 is 37.0 Å². The van der Waals surface area contributed by atoms with Crippen LogP contribution in [-0.2, 0) is 19.4 Å². The minimum Gasteiger partial charge on any atom is -0.495 e. The topological polar surface area (TPSA) is 129 Å². The van der Waals surface area contributed by atoms with Crippen LogP contribution >= 0.6 is 11.6 Å². The Morgan fingerprint density at radius 1 is 0.971 bits per heavy atom. The van der Waals surface area contributed by atoms with Gasteiger partial charge in [0.25, 0.3) is 0 Å². The zero-order chi connectivity index (χ0) is 25.0. The summed E-state index contributed by atoms with van der Waals surface area (Å²) in [6.45, 7) is 0. The Balaban J connectivity index is 2.15. The van der Waals surface area contributed by atoms with Crippen molar-refractivity contribution in [3.05, 3.63) is 58.3 Å². The van der Waals surface area contributed by atoms with E-state index >= 15 is 0 Å². The number of halogens is 1. The fraction of sp³-hybridized carbons (Fsp3) is 0.273. The molecule has 2 N–H and O–H groups in total. The smallest absolute Gasteiger partial charge is 0.338 e. The molecule has 10 nitrogen and oxygen atoms in total. The first-order valence-electron chi connectivity index (χ1n) is 9.82. The molecule has 0 spiro atoms. The molecule has 2 amide bonds. The Morgan fingerprint density at radius 3 is 2.24 bits per heavy atom. The van der Waals surface area contributed by atoms with Crippen molar-refractivity contribution in [1.29, 1.82) is 0 Å². The number of benzene rings is 2. The third kappa shape index (κ3) is 5.05. The highest BCUT2D eigenvalue weighted by atomic mass is 35.5. The fourth-order valence-corrected chi connectivity index (χ4v) is 5.29. The van der Waals surface area contributed by atoms with Gasteiger partial charge in [-0.05, 0) is 35.9 Å². The number of methoxy groups -OCH3 is 4. The summed E-state index contributed by atoms with van der Waals surface area (Å²) >= 11 is 6.00. The van der Waals surface area contributed by atoms with Crippen molar-refractivity contribution in [1.82, 2.24) is 10.6 Å². The van der Waals surface area contributed by atoms with Gasteiger partial charge < -0.3 is 29.6 Å². The molecule has 1 aliphatic rings. The van der Waals surface area contributed by atoms with E-state index in [4.69, 9.17) is 30.5 Å². The van der Waals surface area contributed by atoms with E-state index in [1.165, 1.54) is 39.5 Å². The molecular weight excluding hydrogens is 488 g/mol. The molecule has 1 unspecified atom stereocenters. The molecule has 0 aromatic heterocycles. The largest absolute Gasteiger partial charge is 0.495 e.